The standard InChI is InChI=1S/C12H15F3O2/c1-8-2-3-9(6-10(8)13)11(16)4-5-17-7-12(14)15/h2-3,6,11-12,16H,4-5,7H2,1H3. The first-order valence-corrected chi connectivity index (χ1v) is 5.30. The Hall–Kier alpha value is -1.07. The highest BCUT2D eigenvalue weighted by molar-refractivity contribution is 5.24. The fourth-order valence-corrected chi connectivity index (χ4v) is 1.35. The van der Waals surface area contributed by atoms with Crippen molar-refractivity contribution < 1.29 is 23.0 Å². The van der Waals surface area contributed by atoms with Crippen molar-refractivity contribution in [1.82, 2.24) is 0 Å². The van der Waals surface area contributed by atoms with Gasteiger partial charge in [0.2, 0.25) is 0 Å². The van der Waals surface area contributed by atoms with Gasteiger partial charge in [-0.05, 0) is 24.1 Å². The molecule has 0 amide bonds. The predicted molar refractivity (Wildman–Crippen MR) is 57.5 cm³/mol. The van der Waals surface area contributed by atoms with Gasteiger partial charge in [-0.3, -0.25) is 0 Å². The van der Waals surface area contributed by atoms with Gasteiger partial charge in [-0.2, -0.15) is 0 Å². The summed E-state index contributed by atoms with van der Waals surface area (Å²) in [4.78, 5) is 0. The van der Waals surface area contributed by atoms with E-state index >= 15 is 0 Å². The van der Waals surface area contributed by atoms with Crippen molar-refractivity contribution in [2.24, 2.45) is 0 Å². The van der Waals surface area contributed by atoms with E-state index in [0.717, 1.165) is 0 Å². The number of aliphatic hydroxyl groups is 1. The lowest BCUT2D eigenvalue weighted by Crippen LogP contribution is -2.08. The van der Waals surface area contributed by atoms with Crippen LogP contribution in [0, 0.1) is 12.7 Å². The number of hydrogen-bond donors (Lipinski definition) is 1. The van der Waals surface area contributed by atoms with Crippen molar-refractivity contribution in [3.8, 4) is 0 Å². The Balaban J connectivity index is 2.41. The number of rotatable bonds is 6. The van der Waals surface area contributed by atoms with Crippen molar-refractivity contribution in [3.63, 3.8) is 0 Å². The van der Waals surface area contributed by atoms with Crippen molar-refractivity contribution in [1.29, 1.82) is 0 Å². The maximum atomic E-state index is 13.2. The maximum absolute atomic E-state index is 13.2. The third-order valence-corrected chi connectivity index (χ3v) is 2.36. The van der Waals surface area contributed by atoms with Crippen molar-refractivity contribution >= 4 is 0 Å². The lowest BCUT2D eigenvalue weighted by Gasteiger charge is -2.12. The molecule has 1 aromatic carbocycles. The number of aryl methyl sites for hydroxylation is 1. The van der Waals surface area contributed by atoms with Gasteiger partial charge >= 0.3 is 0 Å². The quantitative estimate of drug-likeness (QED) is 0.784. The normalized spacial score (nSPS) is 13.1. The van der Waals surface area contributed by atoms with Crippen LogP contribution < -0.4 is 0 Å². The summed E-state index contributed by atoms with van der Waals surface area (Å²) >= 11 is 0. The van der Waals surface area contributed by atoms with Gasteiger partial charge in [-0.15, -0.1) is 0 Å². The minimum atomic E-state index is -2.51. The molecule has 1 unspecified atom stereocenters. The zero-order valence-corrected chi connectivity index (χ0v) is 9.50. The van der Waals surface area contributed by atoms with Crippen molar-refractivity contribution in [2.45, 2.75) is 25.9 Å². The van der Waals surface area contributed by atoms with Crippen molar-refractivity contribution in [3.05, 3.63) is 35.1 Å². The van der Waals surface area contributed by atoms with Crippen LogP contribution >= 0.6 is 0 Å². The van der Waals surface area contributed by atoms with Gasteiger partial charge in [0.05, 0.1) is 6.10 Å². The summed E-state index contributed by atoms with van der Waals surface area (Å²) in [5.74, 6) is -0.393. The number of alkyl halides is 2. The monoisotopic (exact) mass is 248 g/mol. The summed E-state index contributed by atoms with van der Waals surface area (Å²) in [5, 5.41) is 9.67. The number of hydrogen-bond acceptors (Lipinski definition) is 2. The van der Waals surface area contributed by atoms with E-state index in [1.807, 2.05) is 0 Å². The third kappa shape index (κ3) is 4.75. The number of halogens is 3. The van der Waals surface area contributed by atoms with E-state index in [0.29, 0.717) is 11.1 Å². The molecule has 1 atom stereocenters. The van der Waals surface area contributed by atoms with E-state index in [1.165, 1.54) is 6.07 Å². The van der Waals surface area contributed by atoms with Gasteiger partial charge in [0, 0.05) is 13.0 Å². The molecule has 17 heavy (non-hydrogen) atoms. The molecule has 1 N–H and O–H groups in total. The van der Waals surface area contributed by atoms with Gasteiger partial charge in [0.1, 0.15) is 12.4 Å². The van der Waals surface area contributed by atoms with Gasteiger partial charge in [-0.25, -0.2) is 13.2 Å². The Morgan fingerprint density at radius 2 is 2.06 bits per heavy atom. The molecule has 0 aliphatic rings. The lowest BCUT2D eigenvalue weighted by atomic mass is 10.0. The largest absolute Gasteiger partial charge is 0.388 e. The molecule has 0 bridgehead atoms. The molecule has 5 heteroatoms. The molecular weight excluding hydrogens is 233 g/mol. The number of aliphatic hydroxyl groups excluding tert-OH is 1. The average Bonchev–Trinajstić information content (AvgIpc) is 2.27. The molecule has 0 radical (unpaired) electrons. The first-order chi connectivity index (χ1) is 8.00. The van der Waals surface area contributed by atoms with E-state index in [9.17, 15) is 18.3 Å². The highest BCUT2D eigenvalue weighted by atomic mass is 19.3. The van der Waals surface area contributed by atoms with E-state index in [4.69, 9.17) is 0 Å². The molecule has 2 nitrogen and oxygen atoms in total. The van der Waals surface area contributed by atoms with Crippen LogP contribution in [0.3, 0.4) is 0 Å². The van der Waals surface area contributed by atoms with Crippen LogP contribution in [0.1, 0.15) is 23.7 Å². The van der Waals surface area contributed by atoms with Crippen LogP contribution in [0.15, 0.2) is 18.2 Å². The Kier molecular flexibility index (Phi) is 5.44. The molecule has 0 saturated carbocycles. The molecule has 1 aromatic rings. The molecule has 1 rings (SSSR count). The van der Waals surface area contributed by atoms with Crippen molar-refractivity contribution in [2.75, 3.05) is 13.2 Å². The van der Waals surface area contributed by atoms with Gasteiger partial charge in [-0.1, -0.05) is 12.1 Å². The van der Waals surface area contributed by atoms with Gasteiger partial charge in [0.15, 0.2) is 0 Å². The van der Waals surface area contributed by atoms with Crippen LogP contribution in [0.2, 0.25) is 0 Å². The molecule has 0 aromatic heterocycles. The maximum Gasteiger partial charge on any atom is 0.261 e. The zero-order valence-electron chi connectivity index (χ0n) is 9.50. The fraction of sp³-hybridized carbons (Fsp3) is 0.500. The van der Waals surface area contributed by atoms with E-state index in [-0.39, 0.29) is 13.0 Å². The van der Waals surface area contributed by atoms with Crippen LogP contribution in [-0.4, -0.2) is 24.7 Å². The molecule has 0 spiro atoms. The Bertz CT molecular complexity index is 356. The summed E-state index contributed by atoms with van der Waals surface area (Å²) in [6.45, 7) is 0.993. The highest BCUT2D eigenvalue weighted by Gasteiger charge is 2.10. The van der Waals surface area contributed by atoms with Crippen LogP contribution in [0.25, 0.3) is 0 Å². The first kappa shape index (κ1) is 14.0. The molecular formula is C12H15F3O2. The molecule has 0 aliphatic heterocycles. The second kappa shape index (κ2) is 6.61. The molecule has 0 fully saturated rings. The SMILES string of the molecule is Cc1ccc(C(O)CCOCC(F)F)cc1F. The second-order valence-corrected chi connectivity index (χ2v) is 3.78. The smallest absolute Gasteiger partial charge is 0.261 e. The summed E-state index contributed by atoms with van der Waals surface area (Å²) < 4.78 is 41.3. The summed E-state index contributed by atoms with van der Waals surface area (Å²) in [5.41, 5.74) is 0.920. The minimum absolute atomic E-state index is 0.0149. The predicted octanol–water partition coefficient (Wildman–Crippen LogP) is 2.84. The zero-order chi connectivity index (χ0) is 12.8. The molecule has 0 aliphatic carbocycles. The average molecular weight is 248 g/mol. The van der Waals surface area contributed by atoms with E-state index in [2.05, 4.69) is 4.74 Å². The highest BCUT2D eigenvalue weighted by Crippen LogP contribution is 2.19. The number of ether oxygens (including phenoxy) is 1. The summed E-state index contributed by atoms with van der Waals surface area (Å²) in [6.07, 6.45) is -3.25. The molecule has 0 heterocycles. The second-order valence-electron chi connectivity index (χ2n) is 3.78. The van der Waals surface area contributed by atoms with E-state index < -0.39 is 25.0 Å². The Morgan fingerprint density at radius 3 is 2.65 bits per heavy atom. The van der Waals surface area contributed by atoms with Crippen LogP contribution in [-0.2, 0) is 4.74 Å². The topological polar surface area (TPSA) is 29.5 Å². The van der Waals surface area contributed by atoms with Gasteiger partial charge in [0.25, 0.3) is 6.43 Å². The Labute approximate surface area is 98.0 Å². The Morgan fingerprint density at radius 1 is 1.35 bits per heavy atom. The van der Waals surface area contributed by atoms with Crippen LogP contribution in [0.5, 0.6) is 0 Å². The van der Waals surface area contributed by atoms with Crippen LogP contribution in [0.4, 0.5) is 13.2 Å². The van der Waals surface area contributed by atoms with E-state index in [1.54, 1.807) is 19.1 Å². The third-order valence-electron chi connectivity index (χ3n) is 2.36. The number of benzene rings is 1. The first-order valence-electron chi connectivity index (χ1n) is 5.30. The lowest BCUT2D eigenvalue weighted by molar-refractivity contribution is 0.00479. The fourth-order valence-electron chi connectivity index (χ4n) is 1.35. The summed E-state index contributed by atoms with van der Waals surface area (Å²) in [7, 11) is 0. The minimum Gasteiger partial charge on any atom is -0.388 e. The summed E-state index contributed by atoms with van der Waals surface area (Å²) in [6, 6.07) is 4.41. The molecule has 0 saturated heterocycles. The molecule has 96 valence electrons. The van der Waals surface area contributed by atoms with Gasteiger partial charge < -0.3 is 9.84 Å².